The van der Waals surface area contributed by atoms with Crippen molar-refractivity contribution in [1.82, 2.24) is 9.38 Å². The van der Waals surface area contributed by atoms with Crippen molar-refractivity contribution in [2.75, 3.05) is 26.4 Å². The average Bonchev–Trinajstić information content (AvgIpc) is 3.39. The Kier molecular flexibility index (Phi) is 6.61. The monoisotopic (exact) mass is 658 g/mol. The predicted octanol–water partition coefficient (Wildman–Crippen LogP) is 5.98. The first kappa shape index (κ1) is 23.7. The third-order valence-corrected chi connectivity index (χ3v) is 6.82. The number of rotatable bonds is 3. The fourth-order valence-corrected chi connectivity index (χ4v) is 5.30. The smallest absolute Gasteiger partial charge is 0.184 e. The van der Waals surface area contributed by atoms with Crippen LogP contribution in [0.3, 0.4) is 0 Å². The van der Waals surface area contributed by atoms with Gasteiger partial charge in [0, 0.05) is 48.5 Å². The average molecular weight is 658 g/mol. The van der Waals surface area contributed by atoms with Gasteiger partial charge in [0.1, 0.15) is 0 Å². The number of ether oxygens (including phenoxy) is 4. The van der Waals surface area contributed by atoms with Gasteiger partial charge in [0.15, 0.2) is 12.6 Å². The molecule has 7 rings (SSSR count). The summed E-state index contributed by atoms with van der Waals surface area (Å²) >= 11 is 0. The first-order valence-electron chi connectivity index (χ1n) is 12.2. The SMILES string of the molecule is [Ir].[c-]1cccc2c1c1ncc(-c3c(C4OCCCO4)cccc3C3OCCCO3)n1c1ccccc21. The van der Waals surface area contributed by atoms with Crippen LogP contribution < -0.4 is 0 Å². The number of hydrogen-bond donors (Lipinski definition) is 0. The maximum Gasteiger partial charge on any atom is 0.184 e. The van der Waals surface area contributed by atoms with Crippen LogP contribution in [0.1, 0.15) is 36.5 Å². The summed E-state index contributed by atoms with van der Waals surface area (Å²) in [7, 11) is 0. The molecule has 0 bridgehead atoms. The van der Waals surface area contributed by atoms with Crippen molar-refractivity contribution >= 4 is 27.3 Å². The summed E-state index contributed by atoms with van der Waals surface area (Å²) in [6.07, 6.45) is 2.82. The second-order valence-corrected chi connectivity index (χ2v) is 8.94. The summed E-state index contributed by atoms with van der Waals surface area (Å²) in [5, 5.41) is 3.28. The number of para-hydroxylation sites is 1. The van der Waals surface area contributed by atoms with Gasteiger partial charge in [-0.2, -0.15) is 0 Å². The van der Waals surface area contributed by atoms with Crippen LogP contribution in [0.4, 0.5) is 0 Å². The molecule has 7 heteroatoms. The number of nitrogens with zero attached hydrogens (tertiary/aromatic N) is 2. The summed E-state index contributed by atoms with van der Waals surface area (Å²) in [5.74, 6) is 0. The fraction of sp³-hybridized carbons (Fsp3) is 0.276. The molecule has 4 heterocycles. The number of benzene rings is 3. The van der Waals surface area contributed by atoms with Gasteiger partial charge in [-0.25, -0.2) is 0 Å². The van der Waals surface area contributed by atoms with E-state index in [1.807, 2.05) is 24.4 Å². The van der Waals surface area contributed by atoms with Crippen LogP contribution in [0.5, 0.6) is 0 Å². The Morgan fingerprint density at radius 1 is 0.750 bits per heavy atom. The molecule has 0 atom stereocenters. The number of pyridine rings is 1. The van der Waals surface area contributed by atoms with Crippen molar-refractivity contribution in [1.29, 1.82) is 0 Å². The van der Waals surface area contributed by atoms with E-state index in [9.17, 15) is 0 Å². The van der Waals surface area contributed by atoms with Crippen molar-refractivity contribution in [2.24, 2.45) is 0 Å². The van der Waals surface area contributed by atoms with Crippen LogP contribution in [0.2, 0.25) is 0 Å². The molecule has 1 radical (unpaired) electrons. The molecule has 2 aromatic heterocycles. The van der Waals surface area contributed by atoms with E-state index in [2.05, 4.69) is 52.9 Å². The number of imidazole rings is 1. The molecule has 0 amide bonds. The second-order valence-electron chi connectivity index (χ2n) is 8.94. The van der Waals surface area contributed by atoms with Gasteiger partial charge >= 0.3 is 0 Å². The van der Waals surface area contributed by atoms with E-state index in [0.717, 1.165) is 62.5 Å². The molecule has 0 aliphatic carbocycles. The fourth-order valence-electron chi connectivity index (χ4n) is 5.30. The van der Waals surface area contributed by atoms with E-state index in [0.29, 0.717) is 26.4 Å². The van der Waals surface area contributed by atoms with Gasteiger partial charge in [-0.05, 0) is 24.3 Å². The van der Waals surface area contributed by atoms with Crippen LogP contribution in [0.15, 0.2) is 66.9 Å². The summed E-state index contributed by atoms with van der Waals surface area (Å²) < 4.78 is 26.5. The summed E-state index contributed by atoms with van der Waals surface area (Å²) in [6.45, 7) is 2.67. The molecule has 2 fully saturated rings. The van der Waals surface area contributed by atoms with Gasteiger partial charge in [0.2, 0.25) is 0 Å². The summed E-state index contributed by atoms with van der Waals surface area (Å²) in [4.78, 5) is 4.91. The first-order valence-corrected chi connectivity index (χ1v) is 12.2. The molecule has 0 saturated carbocycles. The zero-order valence-electron chi connectivity index (χ0n) is 19.6. The van der Waals surface area contributed by atoms with Crippen molar-refractivity contribution in [3.63, 3.8) is 0 Å². The van der Waals surface area contributed by atoms with Crippen LogP contribution in [0, 0.1) is 6.07 Å². The topological polar surface area (TPSA) is 54.2 Å². The van der Waals surface area contributed by atoms with Gasteiger partial charge in [-0.15, -0.1) is 29.7 Å². The van der Waals surface area contributed by atoms with Crippen molar-refractivity contribution < 1.29 is 39.1 Å². The zero-order chi connectivity index (χ0) is 23.2. The summed E-state index contributed by atoms with van der Waals surface area (Å²) in [6, 6.07) is 24.1. The zero-order valence-corrected chi connectivity index (χ0v) is 22.0. The molecule has 3 aromatic carbocycles. The molecule has 0 spiro atoms. The van der Waals surface area contributed by atoms with E-state index in [1.165, 1.54) is 0 Å². The summed E-state index contributed by atoms with van der Waals surface area (Å²) in [5.41, 5.74) is 5.81. The third kappa shape index (κ3) is 3.88. The van der Waals surface area contributed by atoms with E-state index in [4.69, 9.17) is 23.9 Å². The van der Waals surface area contributed by atoms with Gasteiger partial charge in [0.25, 0.3) is 0 Å². The Morgan fingerprint density at radius 2 is 1.39 bits per heavy atom. The van der Waals surface area contributed by atoms with Gasteiger partial charge in [0.05, 0.1) is 37.8 Å². The predicted molar refractivity (Wildman–Crippen MR) is 133 cm³/mol. The van der Waals surface area contributed by atoms with Crippen molar-refractivity contribution in [3.8, 4) is 11.3 Å². The Bertz CT molecular complexity index is 1500. The molecule has 185 valence electrons. The van der Waals surface area contributed by atoms with E-state index in [-0.39, 0.29) is 20.1 Å². The molecule has 2 aliphatic heterocycles. The minimum atomic E-state index is -0.453. The number of fused-ring (bicyclic) bond motifs is 6. The van der Waals surface area contributed by atoms with E-state index in [1.54, 1.807) is 0 Å². The normalized spacial score (nSPS) is 17.6. The Hall–Kier alpha value is -2.64. The maximum atomic E-state index is 6.08. The third-order valence-electron chi connectivity index (χ3n) is 6.82. The first-order chi connectivity index (χ1) is 17.4. The van der Waals surface area contributed by atoms with Crippen molar-refractivity contribution in [3.05, 3.63) is 84.1 Å². The van der Waals surface area contributed by atoms with E-state index >= 15 is 0 Å². The molecule has 0 N–H and O–H groups in total. The molecular weight excluding hydrogens is 633 g/mol. The molecule has 5 aromatic rings. The number of hydrogen-bond acceptors (Lipinski definition) is 5. The van der Waals surface area contributed by atoms with Gasteiger partial charge < -0.3 is 23.3 Å². The molecule has 0 unspecified atom stereocenters. The van der Waals surface area contributed by atoms with Gasteiger partial charge in [-0.3, -0.25) is 4.98 Å². The Labute approximate surface area is 222 Å². The Balaban J connectivity index is 0.00000240. The minimum absolute atomic E-state index is 0. The second kappa shape index (κ2) is 10.0. The van der Waals surface area contributed by atoms with Crippen LogP contribution in [0.25, 0.3) is 38.6 Å². The quantitative estimate of drug-likeness (QED) is 0.177. The van der Waals surface area contributed by atoms with Crippen molar-refractivity contribution in [2.45, 2.75) is 25.4 Å². The molecule has 6 nitrogen and oxygen atoms in total. The van der Waals surface area contributed by atoms with E-state index < -0.39 is 12.6 Å². The standard InChI is InChI=1S/C29H25N2O4.Ir/c1-2-10-21-19(8-1)20-9-3-4-13-24(20)31-25(18-30-27(21)31)26-22(28-32-14-6-15-33-28)11-5-12-23(26)29-34-16-7-17-35-29;/h1-5,8-9,11-13,18,28-29H,6-7,14-17H2;/q-1;. The molecule has 36 heavy (non-hydrogen) atoms. The maximum absolute atomic E-state index is 6.08. The van der Waals surface area contributed by atoms with Crippen LogP contribution in [-0.2, 0) is 39.1 Å². The number of aromatic nitrogens is 2. The Morgan fingerprint density at radius 3 is 2.08 bits per heavy atom. The molecule has 2 saturated heterocycles. The van der Waals surface area contributed by atoms with Crippen LogP contribution >= 0.6 is 0 Å². The minimum Gasteiger partial charge on any atom is -0.348 e. The van der Waals surface area contributed by atoms with Crippen LogP contribution in [-0.4, -0.2) is 35.8 Å². The molecular formula is C29H25IrN2O4-. The largest absolute Gasteiger partial charge is 0.348 e. The molecule has 2 aliphatic rings. The van der Waals surface area contributed by atoms with Gasteiger partial charge in [-0.1, -0.05) is 41.8 Å².